The molecule has 0 bridgehead atoms. The minimum absolute atomic E-state index is 0.343. The molecule has 2 atom stereocenters. The maximum Gasteiger partial charge on any atom is 0.244 e. The van der Waals surface area contributed by atoms with E-state index in [2.05, 4.69) is 10.0 Å². The van der Waals surface area contributed by atoms with Crippen LogP contribution in [0.2, 0.25) is 0 Å². The molecule has 27 heavy (non-hydrogen) atoms. The lowest BCUT2D eigenvalue weighted by molar-refractivity contribution is -0.123. The average Bonchev–Trinajstić information content (AvgIpc) is 2.62. The SMILES string of the molecule is C[C@H](NS(=O)(=O)c1ccccc1F)C(=O)NC1CCSc2c(F)cccc21. The molecule has 9 heteroatoms. The largest absolute Gasteiger partial charge is 0.348 e. The second-order valence-electron chi connectivity index (χ2n) is 6.13. The van der Waals surface area contributed by atoms with Crippen LogP contribution in [0.5, 0.6) is 0 Å². The van der Waals surface area contributed by atoms with E-state index in [1.165, 1.54) is 36.9 Å². The third-order valence-electron chi connectivity index (χ3n) is 4.19. The van der Waals surface area contributed by atoms with Gasteiger partial charge in [-0.25, -0.2) is 17.2 Å². The Labute approximate surface area is 160 Å². The molecular weight excluding hydrogens is 394 g/mol. The number of sulfonamides is 1. The number of halogens is 2. The first kappa shape index (κ1) is 19.8. The van der Waals surface area contributed by atoms with E-state index >= 15 is 0 Å². The number of hydrogen-bond donors (Lipinski definition) is 2. The Morgan fingerprint density at radius 1 is 1.15 bits per heavy atom. The first-order valence-corrected chi connectivity index (χ1v) is 10.7. The van der Waals surface area contributed by atoms with Gasteiger partial charge in [0.05, 0.1) is 12.1 Å². The predicted molar refractivity (Wildman–Crippen MR) is 98.8 cm³/mol. The molecule has 2 aromatic carbocycles. The van der Waals surface area contributed by atoms with E-state index in [0.717, 1.165) is 12.1 Å². The zero-order chi connectivity index (χ0) is 19.6. The third kappa shape index (κ3) is 4.31. The molecule has 144 valence electrons. The summed E-state index contributed by atoms with van der Waals surface area (Å²) < 4.78 is 54.5. The van der Waals surface area contributed by atoms with E-state index in [1.807, 2.05) is 0 Å². The monoisotopic (exact) mass is 412 g/mol. The molecule has 0 radical (unpaired) electrons. The molecule has 2 N–H and O–H groups in total. The van der Waals surface area contributed by atoms with Crippen molar-refractivity contribution in [1.29, 1.82) is 0 Å². The summed E-state index contributed by atoms with van der Waals surface area (Å²) in [6, 6.07) is 8.07. The second kappa shape index (κ2) is 7.95. The van der Waals surface area contributed by atoms with Gasteiger partial charge in [-0.3, -0.25) is 4.79 Å². The molecule has 0 saturated carbocycles. The Hall–Kier alpha value is -1.97. The van der Waals surface area contributed by atoms with Gasteiger partial charge < -0.3 is 5.32 Å². The van der Waals surface area contributed by atoms with Gasteiger partial charge in [0.1, 0.15) is 16.5 Å². The molecular formula is C18H18F2N2O3S2. The van der Waals surface area contributed by atoms with Gasteiger partial charge >= 0.3 is 0 Å². The number of carbonyl (C=O) groups excluding carboxylic acids is 1. The lowest BCUT2D eigenvalue weighted by Crippen LogP contribution is -2.46. The summed E-state index contributed by atoms with van der Waals surface area (Å²) in [5.74, 6) is -1.17. The van der Waals surface area contributed by atoms with Crippen molar-refractivity contribution >= 4 is 27.7 Å². The Morgan fingerprint density at radius 2 is 1.85 bits per heavy atom. The number of benzene rings is 2. The second-order valence-corrected chi connectivity index (χ2v) is 8.92. The van der Waals surface area contributed by atoms with Crippen molar-refractivity contribution in [2.24, 2.45) is 0 Å². The molecule has 1 heterocycles. The van der Waals surface area contributed by atoms with Gasteiger partial charge in [0.2, 0.25) is 15.9 Å². The number of hydrogen-bond acceptors (Lipinski definition) is 4. The van der Waals surface area contributed by atoms with Crippen LogP contribution in [-0.2, 0) is 14.8 Å². The summed E-state index contributed by atoms with van der Waals surface area (Å²) in [4.78, 5) is 12.4. The van der Waals surface area contributed by atoms with E-state index < -0.39 is 38.7 Å². The lowest BCUT2D eigenvalue weighted by Gasteiger charge is -2.27. The number of nitrogens with one attached hydrogen (secondary N) is 2. The molecule has 1 unspecified atom stereocenters. The van der Waals surface area contributed by atoms with E-state index in [-0.39, 0.29) is 5.82 Å². The molecule has 2 aromatic rings. The Balaban J connectivity index is 1.73. The van der Waals surface area contributed by atoms with Crippen LogP contribution in [-0.4, -0.2) is 26.1 Å². The average molecular weight is 412 g/mol. The maximum atomic E-state index is 13.9. The van der Waals surface area contributed by atoms with Gasteiger partial charge in [-0.15, -0.1) is 11.8 Å². The standard InChI is InChI=1S/C18H18F2N2O3S2/c1-11(22-27(24,25)16-8-3-2-6-13(16)19)18(23)21-15-9-10-26-17-12(15)5-4-7-14(17)20/h2-8,11,15,22H,9-10H2,1H3,(H,21,23)/t11-,15?/m0/s1. The normalized spacial score (nSPS) is 17.8. The minimum Gasteiger partial charge on any atom is -0.348 e. The summed E-state index contributed by atoms with van der Waals surface area (Å²) in [6.45, 7) is 1.37. The van der Waals surface area contributed by atoms with Crippen molar-refractivity contribution < 1.29 is 22.0 Å². The van der Waals surface area contributed by atoms with Gasteiger partial charge in [0.25, 0.3) is 0 Å². The van der Waals surface area contributed by atoms with Crippen molar-refractivity contribution in [2.75, 3.05) is 5.75 Å². The molecule has 1 amide bonds. The highest BCUT2D eigenvalue weighted by molar-refractivity contribution is 7.99. The van der Waals surface area contributed by atoms with Crippen LogP contribution in [0, 0.1) is 11.6 Å². The zero-order valence-corrected chi connectivity index (χ0v) is 16.0. The Kier molecular flexibility index (Phi) is 5.83. The lowest BCUT2D eigenvalue weighted by atomic mass is 10.0. The van der Waals surface area contributed by atoms with Crippen LogP contribution < -0.4 is 10.0 Å². The first-order valence-electron chi connectivity index (χ1n) is 8.28. The molecule has 0 aromatic heterocycles. The molecule has 1 aliphatic rings. The van der Waals surface area contributed by atoms with Gasteiger partial charge in [0.15, 0.2) is 0 Å². The third-order valence-corrected chi connectivity index (χ3v) is 6.93. The van der Waals surface area contributed by atoms with Crippen LogP contribution in [0.3, 0.4) is 0 Å². The van der Waals surface area contributed by atoms with Crippen LogP contribution in [0.15, 0.2) is 52.3 Å². The number of thioether (sulfide) groups is 1. The molecule has 0 spiro atoms. The highest BCUT2D eigenvalue weighted by atomic mass is 32.2. The van der Waals surface area contributed by atoms with Crippen molar-refractivity contribution in [2.45, 2.75) is 35.2 Å². The van der Waals surface area contributed by atoms with Gasteiger partial charge in [0, 0.05) is 10.6 Å². The van der Waals surface area contributed by atoms with Crippen molar-refractivity contribution in [1.82, 2.24) is 10.0 Å². The maximum absolute atomic E-state index is 13.9. The number of fused-ring (bicyclic) bond motifs is 1. The van der Waals surface area contributed by atoms with E-state index in [0.29, 0.717) is 22.6 Å². The number of amides is 1. The molecule has 0 saturated heterocycles. The Morgan fingerprint density at radius 3 is 2.59 bits per heavy atom. The topological polar surface area (TPSA) is 75.3 Å². The van der Waals surface area contributed by atoms with Crippen LogP contribution in [0.25, 0.3) is 0 Å². The fraction of sp³-hybridized carbons (Fsp3) is 0.278. The fourth-order valence-corrected chi connectivity index (χ4v) is 5.27. The van der Waals surface area contributed by atoms with Crippen LogP contribution >= 0.6 is 11.8 Å². The summed E-state index contributed by atoms with van der Waals surface area (Å²) in [5.41, 5.74) is 0.670. The highest BCUT2D eigenvalue weighted by Crippen LogP contribution is 2.37. The van der Waals surface area contributed by atoms with Crippen molar-refractivity contribution in [3.05, 3.63) is 59.7 Å². The highest BCUT2D eigenvalue weighted by Gasteiger charge is 2.28. The summed E-state index contributed by atoms with van der Waals surface area (Å²) >= 11 is 1.38. The van der Waals surface area contributed by atoms with Crippen LogP contribution in [0.4, 0.5) is 8.78 Å². The smallest absolute Gasteiger partial charge is 0.244 e. The van der Waals surface area contributed by atoms with Gasteiger partial charge in [-0.1, -0.05) is 24.3 Å². The first-order chi connectivity index (χ1) is 12.8. The fourth-order valence-electron chi connectivity index (χ4n) is 2.85. The number of rotatable bonds is 5. The summed E-state index contributed by atoms with van der Waals surface area (Å²) in [7, 11) is -4.19. The number of carbonyl (C=O) groups is 1. The van der Waals surface area contributed by atoms with Crippen molar-refractivity contribution in [3.63, 3.8) is 0 Å². The molecule has 3 rings (SSSR count). The minimum atomic E-state index is -4.19. The molecule has 5 nitrogen and oxygen atoms in total. The van der Waals surface area contributed by atoms with E-state index in [1.54, 1.807) is 12.1 Å². The summed E-state index contributed by atoms with van der Waals surface area (Å²) in [6.07, 6.45) is 0.597. The molecule has 1 aliphatic heterocycles. The van der Waals surface area contributed by atoms with E-state index in [9.17, 15) is 22.0 Å². The van der Waals surface area contributed by atoms with Crippen LogP contribution in [0.1, 0.15) is 24.9 Å². The molecule has 0 aliphatic carbocycles. The van der Waals surface area contributed by atoms with E-state index in [4.69, 9.17) is 0 Å². The molecule has 0 fully saturated rings. The Bertz CT molecular complexity index is 967. The van der Waals surface area contributed by atoms with Crippen molar-refractivity contribution in [3.8, 4) is 0 Å². The van der Waals surface area contributed by atoms with Gasteiger partial charge in [-0.2, -0.15) is 4.72 Å². The quantitative estimate of drug-likeness (QED) is 0.792. The summed E-state index contributed by atoms with van der Waals surface area (Å²) in [5, 5.41) is 2.75. The zero-order valence-electron chi connectivity index (χ0n) is 14.4. The van der Waals surface area contributed by atoms with Gasteiger partial charge in [-0.05, 0) is 37.1 Å². The predicted octanol–water partition coefficient (Wildman–Crippen LogP) is 2.98.